The molecule has 94 valence electrons. The molecule has 0 aliphatic carbocycles. The van der Waals surface area contributed by atoms with Gasteiger partial charge in [0.25, 0.3) is 0 Å². The first-order valence-electron chi connectivity index (χ1n) is 5.26. The molecule has 1 amide bonds. The number of carboxylic acid groups (broad SMARTS) is 1. The van der Waals surface area contributed by atoms with Gasteiger partial charge in [-0.15, -0.1) is 5.10 Å². The van der Waals surface area contributed by atoms with E-state index in [0.717, 1.165) is 0 Å². The van der Waals surface area contributed by atoms with E-state index in [-0.39, 0.29) is 12.3 Å². The van der Waals surface area contributed by atoms with Gasteiger partial charge in [-0.2, -0.15) is 0 Å². The van der Waals surface area contributed by atoms with Crippen LogP contribution in [0.3, 0.4) is 0 Å². The molecule has 1 rings (SSSR count). The largest absolute Gasteiger partial charge is 0.481 e. The molecule has 0 radical (unpaired) electrons. The van der Waals surface area contributed by atoms with Crippen LogP contribution in [0.1, 0.15) is 20.3 Å². The summed E-state index contributed by atoms with van der Waals surface area (Å²) in [6.45, 7) is 3.95. The minimum Gasteiger partial charge on any atom is -0.481 e. The van der Waals surface area contributed by atoms with E-state index in [9.17, 15) is 9.59 Å². The van der Waals surface area contributed by atoms with Gasteiger partial charge in [0.2, 0.25) is 5.91 Å². The first-order chi connectivity index (χ1) is 7.92. The number of amides is 1. The fourth-order valence-electron chi connectivity index (χ4n) is 1.20. The Hall–Kier alpha value is -1.92. The van der Waals surface area contributed by atoms with Crippen LogP contribution in [0.15, 0.2) is 12.4 Å². The van der Waals surface area contributed by atoms with Crippen molar-refractivity contribution in [1.29, 1.82) is 0 Å². The molecule has 0 unspecified atom stereocenters. The molecule has 0 aromatic carbocycles. The van der Waals surface area contributed by atoms with Crippen LogP contribution in [0, 0.1) is 5.41 Å². The van der Waals surface area contributed by atoms with E-state index in [1.807, 2.05) is 0 Å². The van der Waals surface area contributed by atoms with Crippen molar-refractivity contribution in [2.24, 2.45) is 5.41 Å². The monoisotopic (exact) mass is 240 g/mol. The average molecular weight is 240 g/mol. The van der Waals surface area contributed by atoms with Crippen molar-refractivity contribution in [3.63, 3.8) is 0 Å². The maximum absolute atomic E-state index is 11.5. The normalized spacial score (nSPS) is 11.2. The van der Waals surface area contributed by atoms with Crippen molar-refractivity contribution in [2.45, 2.75) is 26.8 Å². The van der Waals surface area contributed by atoms with E-state index < -0.39 is 11.4 Å². The van der Waals surface area contributed by atoms with Crippen LogP contribution in [-0.2, 0) is 16.1 Å². The lowest BCUT2D eigenvalue weighted by Gasteiger charge is -2.18. The van der Waals surface area contributed by atoms with Crippen LogP contribution >= 0.6 is 0 Å². The molecular formula is C10H16N4O3. The second-order valence-corrected chi connectivity index (χ2v) is 4.38. The SMILES string of the molecule is CC(C)(CC(=O)NCCn1ccnn1)C(=O)O. The number of hydrogen-bond donors (Lipinski definition) is 2. The van der Waals surface area contributed by atoms with E-state index in [0.29, 0.717) is 13.1 Å². The topological polar surface area (TPSA) is 97.1 Å². The summed E-state index contributed by atoms with van der Waals surface area (Å²) in [6.07, 6.45) is 3.20. The van der Waals surface area contributed by atoms with Crippen molar-refractivity contribution in [1.82, 2.24) is 20.3 Å². The molecule has 17 heavy (non-hydrogen) atoms. The van der Waals surface area contributed by atoms with Crippen molar-refractivity contribution in [2.75, 3.05) is 6.54 Å². The Morgan fingerprint density at radius 3 is 2.71 bits per heavy atom. The lowest BCUT2D eigenvalue weighted by atomic mass is 9.89. The van der Waals surface area contributed by atoms with E-state index in [1.165, 1.54) is 13.8 Å². The summed E-state index contributed by atoms with van der Waals surface area (Å²) in [4.78, 5) is 22.3. The van der Waals surface area contributed by atoms with Gasteiger partial charge in [-0.3, -0.25) is 14.3 Å². The van der Waals surface area contributed by atoms with Crippen LogP contribution in [0.5, 0.6) is 0 Å². The molecule has 0 aliphatic rings. The first-order valence-corrected chi connectivity index (χ1v) is 5.26. The standard InChI is InChI=1S/C10H16N4O3/c1-10(2,9(16)17)7-8(15)11-3-5-14-6-4-12-13-14/h4,6H,3,5,7H2,1-2H3,(H,11,15)(H,16,17). The Morgan fingerprint density at radius 1 is 1.47 bits per heavy atom. The van der Waals surface area contributed by atoms with E-state index >= 15 is 0 Å². The molecule has 1 heterocycles. The van der Waals surface area contributed by atoms with Gasteiger partial charge >= 0.3 is 5.97 Å². The summed E-state index contributed by atoms with van der Waals surface area (Å²) in [6, 6.07) is 0. The maximum Gasteiger partial charge on any atom is 0.309 e. The fourth-order valence-corrected chi connectivity index (χ4v) is 1.20. The molecule has 0 bridgehead atoms. The van der Waals surface area contributed by atoms with E-state index in [1.54, 1.807) is 17.1 Å². The Morgan fingerprint density at radius 2 is 2.18 bits per heavy atom. The second-order valence-electron chi connectivity index (χ2n) is 4.38. The van der Waals surface area contributed by atoms with Gasteiger partial charge < -0.3 is 10.4 Å². The lowest BCUT2D eigenvalue weighted by molar-refractivity contribution is -0.149. The number of carboxylic acids is 1. The lowest BCUT2D eigenvalue weighted by Crippen LogP contribution is -2.34. The van der Waals surface area contributed by atoms with Gasteiger partial charge in [-0.05, 0) is 13.8 Å². The molecule has 0 spiro atoms. The fraction of sp³-hybridized carbons (Fsp3) is 0.600. The molecule has 0 saturated carbocycles. The molecule has 1 aromatic heterocycles. The van der Waals surface area contributed by atoms with Crippen LogP contribution < -0.4 is 5.32 Å². The molecule has 0 atom stereocenters. The smallest absolute Gasteiger partial charge is 0.309 e. The van der Waals surface area contributed by atoms with Crippen molar-refractivity contribution < 1.29 is 14.7 Å². The van der Waals surface area contributed by atoms with Gasteiger partial charge in [-0.25, -0.2) is 0 Å². The third-order valence-electron chi connectivity index (χ3n) is 2.32. The predicted molar refractivity (Wildman–Crippen MR) is 59.1 cm³/mol. The Bertz CT molecular complexity index is 386. The van der Waals surface area contributed by atoms with Crippen molar-refractivity contribution >= 4 is 11.9 Å². The second kappa shape index (κ2) is 5.42. The zero-order chi connectivity index (χ0) is 12.9. The number of rotatable bonds is 6. The number of aliphatic carboxylic acids is 1. The van der Waals surface area contributed by atoms with Crippen molar-refractivity contribution in [3.8, 4) is 0 Å². The molecule has 1 aromatic rings. The van der Waals surface area contributed by atoms with Crippen molar-refractivity contribution in [3.05, 3.63) is 12.4 Å². The molecular weight excluding hydrogens is 224 g/mol. The Kier molecular flexibility index (Phi) is 4.19. The first kappa shape index (κ1) is 13.1. The summed E-state index contributed by atoms with van der Waals surface area (Å²) in [5.74, 6) is -1.26. The molecule has 0 fully saturated rings. The molecule has 0 aliphatic heterocycles. The summed E-state index contributed by atoms with van der Waals surface area (Å²) < 4.78 is 1.59. The Balaban J connectivity index is 2.28. The average Bonchev–Trinajstić information content (AvgIpc) is 2.69. The highest BCUT2D eigenvalue weighted by Crippen LogP contribution is 2.19. The number of nitrogens with one attached hydrogen (secondary N) is 1. The highest BCUT2D eigenvalue weighted by molar-refractivity contribution is 5.84. The minimum atomic E-state index is -1.04. The van der Waals surface area contributed by atoms with Crippen LogP contribution in [0.2, 0.25) is 0 Å². The van der Waals surface area contributed by atoms with Gasteiger partial charge in [0.1, 0.15) is 0 Å². The maximum atomic E-state index is 11.5. The zero-order valence-corrected chi connectivity index (χ0v) is 9.88. The highest BCUT2D eigenvalue weighted by atomic mass is 16.4. The quantitative estimate of drug-likeness (QED) is 0.723. The van der Waals surface area contributed by atoms with Crippen LogP contribution in [0.4, 0.5) is 0 Å². The summed E-state index contributed by atoms with van der Waals surface area (Å²) >= 11 is 0. The molecule has 7 nitrogen and oxygen atoms in total. The van der Waals surface area contributed by atoms with Crippen LogP contribution in [-0.4, -0.2) is 38.5 Å². The number of aromatic nitrogens is 3. The number of carbonyl (C=O) groups is 2. The number of carbonyl (C=O) groups excluding carboxylic acids is 1. The van der Waals surface area contributed by atoms with Crippen LogP contribution in [0.25, 0.3) is 0 Å². The van der Waals surface area contributed by atoms with Gasteiger partial charge in [0.15, 0.2) is 0 Å². The van der Waals surface area contributed by atoms with Gasteiger partial charge in [0.05, 0.1) is 18.2 Å². The van der Waals surface area contributed by atoms with E-state index in [4.69, 9.17) is 5.11 Å². The summed E-state index contributed by atoms with van der Waals surface area (Å²) in [5.41, 5.74) is -1.04. The van der Waals surface area contributed by atoms with Gasteiger partial charge in [0, 0.05) is 19.2 Å². The Labute approximate surface area is 98.8 Å². The van der Waals surface area contributed by atoms with E-state index in [2.05, 4.69) is 15.6 Å². The third-order valence-corrected chi connectivity index (χ3v) is 2.32. The van der Waals surface area contributed by atoms with Gasteiger partial charge in [-0.1, -0.05) is 5.21 Å². The number of nitrogens with zero attached hydrogens (tertiary/aromatic N) is 3. The summed E-state index contributed by atoms with van der Waals surface area (Å²) in [7, 11) is 0. The minimum absolute atomic E-state index is 0.0420. The molecule has 2 N–H and O–H groups in total. The highest BCUT2D eigenvalue weighted by Gasteiger charge is 2.29. The predicted octanol–water partition coefficient (Wildman–Crippen LogP) is -0.105. The third kappa shape index (κ3) is 4.21. The number of hydrogen-bond acceptors (Lipinski definition) is 4. The zero-order valence-electron chi connectivity index (χ0n) is 9.88. The summed E-state index contributed by atoms with van der Waals surface area (Å²) in [5, 5.41) is 18.9. The molecule has 7 heteroatoms. The molecule has 0 saturated heterocycles.